The number of hydrogen-bond acceptors (Lipinski definition) is 8. The molecule has 0 saturated carbocycles. The van der Waals surface area contributed by atoms with Gasteiger partial charge in [0.05, 0.1) is 11.1 Å². The zero-order valence-electron chi connectivity index (χ0n) is 13.0. The minimum atomic E-state index is -0.478. The van der Waals surface area contributed by atoms with Crippen LogP contribution in [0.1, 0.15) is 22.9 Å². The van der Waals surface area contributed by atoms with Crippen molar-refractivity contribution in [3.8, 4) is 5.95 Å². The molecule has 0 aliphatic rings. The molecule has 9 heteroatoms. The molecule has 1 N–H and O–H groups in total. The molecule has 2 heterocycles. The molecular weight excluding hydrogens is 328 g/mol. The number of benzene rings is 1. The number of oxazole rings is 1. The first kappa shape index (κ1) is 16.1. The van der Waals surface area contributed by atoms with Crippen molar-refractivity contribution < 1.29 is 19.0 Å². The lowest BCUT2D eigenvalue weighted by atomic mass is 10.2. The van der Waals surface area contributed by atoms with Crippen LogP contribution in [0.25, 0.3) is 12.2 Å². The van der Waals surface area contributed by atoms with E-state index in [0.717, 1.165) is 0 Å². The van der Waals surface area contributed by atoms with Crippen LogP contribution < -0.4 is 0 Å². The van der Waals surface area contributed by atoms with E-state index < -0.39 is 10.9 Å². The number of nitrogens with zero attached hydrogens (tertiary/aromatic N) is 4. The summed E-state index contributed by atoms with van der Waals surface area (Å²) in [4.78, 5) is 18.3. The van der Waals surface area contributed by atoms with Crippen LogP contribution in [-0.4, -0.2) is 26.4 Å². The van der Waals surface area contributed by atoms with Crippen LogP contribution in [0.4, 0.5) is 11.5 Å². The van der Waals surface area contributed by atoms with E-state index in [4.69, 9.17) is 8.94 Å². The highest BCUT2D eigenvalue weighted by Crippen LogP contribution is 2.20. The van der Waals surface area contributed by atoms with E-state index in [1.54, 1.807) is 31.2 Å². The highest BCUT2D eigenvalue weighted by Gasteiger charge is 2.09. The topological polar surface area (TPSA) is 128 Å². The first-order valence-electron chi connectivity index (χ1n) is 7.11. The molecule has 0 atom stereocenters. The standard InChI is InChI=1S/C16H12N4O5/c1-10-7-14(19-25-10)17-9-13-16(21)24-15(18-13)6-5-11-3-2-4-12(8-11)20(22)23/h2-9,21H,1H3. The van der Waals surface area contributed by atoms with Crippen molar-refractivity contribution in [2.24, 2.45) is 4.99 Å². The van der Waals surface area contributed by atoms with Gasteiger partial charge in [-0.1, -0.05) is 17.3 Å². The summed E-state index contributed by atoms with van der Waals surface area (Å²) in [5, 5.41) is 24.2. The van der Waals surface area contributed by atoms with Crippen molar-refractivity contribution in [1.82, 2.24) is 10.1 Å². The predicted molar refractivity (Wildman–Crippen MR) is 88.7 cm³/mol. The fraction of sp³-hybridized carbons (Fsp3) is 0.0625. The van der Waals surface area contributed by atoms with Gasteiger partial charge in [-0.3, -0.25) is 10.1 Å². The molecule has 2 aromatic heterocycles. The molecule has 0 aliphatic carbocycles. The lowest BCUT2D eigenvalue weighted by molar-refractivity contribution is -0.384. The maximum Gasteiger partial charge on any atom is 0.312 e. The number of hydrogen-bond donors (Lipinski definition) is 1. The minimum Gasteiger partial charge on any atom is -0.479 e. The fourth-order valence-corrected chi connectivity index (χ4v) is 1.95. The van der Waals surface area contributed by atoms with Crippen LogP contribution >= 0.6 is 0 Å². The Bertz CT molecular complexity index is 971. The SMILES string of the molecule is Cc1cc(N=Cc2nc(C=Cc3cccc([N+](=O)[O-])c3)oc2O)no1. The van der Waals surface area contributed by atoms with E-state index in [1.165, 1.54) is 24.4 Å². The molecular formula is C16H12N4O5. The molecule has 3 rings (SSSR count). The van der Waals surface area contributed by atoms with Crippen LogP contribution in [0.15, 0.2) is 44.3 Å². The Kier molecular flexibility index (Phi) is 4.38. The van der Waals surface area contributed by atoms with E-state index in [2.05, 4.69) is 15.1 Å². The highest BCUT2D eigenvalue weighted by atomic mass is 16.6. The molecule has 1 aromatic carbocycles. The lowest BCUT2D eigenvalue weighted by Crippen LogP contribution is -1.87. The van der Waals surface area contributed by atoms with E-state index in [0.29, 0.717) is 17.1 Å². The van der Waals surface area contributed by atoms with E-state index in [9.17, 15) is 15.2 Å². The van der Waals surface area contributed by atoms with Crippen LogP contribution in [0, 0.1) is 17.0 Å². The minimum absolute atomic E-state index is 0.0203. The molecule has 3 aromatic rings. The van der Waals surface area contributed by atoms with Crippen molar-refractivity contribution in [2.45, 2.75) is 6.92 Å². The maximum atomic E-state index is 10.8. The maximum absolute atomic E-state index is 10.8. The quantitative estimate of drug-likeness (QED) is 0.427. The summed E-state index contributed by atoms with van der Waals surface area (Å²) in [5.41, 5.74) is 0.702. The number of aromatic nitrogens is 2. The summed E-state index contributed by atoms with van der Waals surface area (Å²) in [6.45, 7) is 1.73. The average Bonchev–Trinajstić information content (AvgIpc) is 3.16. The second-order valence-corrected chi connectivity index (χ2v) is 4.98. The van der Waals surface area contributed by atoms with Gasteiger partial charge in [0, 0.05) is 24.3 Å². The molecule has 0 saturated heterocycles. The Labute approximate surface area is 141 Å². The molecule has 0 spiro atoms. The first-order chi connectivity index (χ1) is 12.0. The monoisotopic (exact) mass is 340 g/mol. The van der Waals surface area contributed by atoms with Crippen molar-refractivity contribution in [3.05, 3.63) is 63.4 Å². The van der Waals surface area contributed by atoms with Gasteiger partial charge in [-0.05, 0) is 18.6 Å². The van der Waals surface area contributed by atoms with Gasteiger partial charge in [-0.15, -0.1) is 0 Å². The van der Waals surface area contributed by atoms with E-state index >= 15 is 0 Å². The zero-order valence-corrected chi connectivity index (χ0v) is 13.0. The normalized spacial score (nSPS) is 11.6. The van der Waals surface area contributed by atoms with Gasteiger partial charge in [0.15, 0.2) is 11.5 Å². The summed E-state index contributed by atoms with van der Waals surface area (Å²) >= 11 is 0. The van der Waals surface area contributed by atoms with Gasteiger partial charge < -0.3 is 14.0 Å². The zero-order chi connectivity index (χ0) is 17.8. The van der Waals surface area contributed by atoms with Crippen molar-refractivity contribution in [2.75, 3.05) is 0 Å². The fourth-order valence-electron chi connectivity index (χ4n) is 1.95. The molecule has 0 amide bonds. The van der Waals surface area contributed by atoms with E-state index in [-0.39, 0.29) is 17.3 Å². The summed E-state index contributed by atoms with van der Waals surface area (Å²) in [6.07, 6.45) is 4.36. The Hall–Kier alpha value is -3.75. The predicted octanol–water partition coefficient (Wildman–Crippen LogP) is 3.51. The Morgan fingerprint density at radius 2 is 2.16 bits per heavy atom. The summed E-state index contributed by atoms with van der Waals surface area (Å²) in [6, 6.07) is 7.70. The summed E-state index contributed by atoms with van der Waals surface area (Å²) in [7, 11) is 0. The van der Waals surface area contributed by atoms with Crippen LogP contribution in [0.5, 0.6) is 5.95 Å². The number of aliphatic imine (C=N–C) groups is 1. The number of nitro benzene ring substituents is 1. The number of aryl methyl sites for hydroxylation is 1. The molecule has 25 heavy (non-hydrogen) atoms. The number of rotatable bonds is 5. The average molecular weight is 340 g/mol. The number of nitro groups is 1. The van der Waals surface area contributed by atoms with Gasteiger partial charge in [0.25, 0.3) is 5.69 Å². The summed E-state index contributed by atoms with van der Waals surface area (Å²) in [5.74, 6) is 0.676. The van der Waals surface area contributed by atoms with Gasteiger partial charge in [-0.2, -0.15) is 0 Å². The van der Waals surface area contributed by atoms with Gasteiger partial charge in [0.1, 0.15) is 5.76 Å². The molecule has 0 bridgehead atoms. The van der Waals surface area contributed by atoms with Crippen molar-refractivity contribution in [1.29, 1.82) is 0 Å². The lowest BCUT2D eigenvalue weighted by Gasteiger charge is -1.93. The van der Waals surface area contributed by atoms with E-state index in [1.807, 2.05) is 0 Å². The number of aromatic hydroxyl groups is 1. The third-order valence-corrected chi connectivity index (χ3v) is 3.09. The first-order valence-corrected chi connectivity index (χ1v) is 7.11. The molecule has 126 valence electrons. The van der Waals surface area contributed by atoms with Gasteiger partial charge in [-0.25, -0.2) is 9.98 Å². The van der Waals surface area contributed by atoms with Crippen LogP contribution in [0.3, 0.4) is 0 Å². The molecule has 0 unspecified atom stereocenters. The smallest absolute Gasteiger partial charge is 0.312 e. The number of non-ortho nitro benzene ring substituents is 1. The van der Waals surface area contributed by atoms with Crippen molar-refractivity contribution in [3.63, 3.8) is 0 Å². The van der Waals surface area contributed by atoms with Crippen LogP contribution in [-0.2, 0) is 0 Å². The molecule has 9 nitrogen and oxygen atoms in total. The molecule has 0 fully saturated rings. The van der Waals surface area contributed by atoms with Gasteiger partial charge >= 0.3 is 5.95 Å². The largest absolute Gasteiger partial charge is 0.479 e. The summed E-state index contributed by atoms with van der Waals surface area (Å²) < 4.78 is 9.97. The molecule has 0 aliphatic heterocycles. The van der Waals surface area contributed by atoms with Crippen LogP contribution in [0.2, 0.25) is 0 Å². The van der Waals surface area contributed by atoms with Gasteiger partial charge in [0.2, 0.25) is 5.89 Å². The third kappa shape index (κ3) is 3.96. The Morgan fingerprint density at radius 3 is 2.88 bits per heavy atom. The Morgan fingerprint density at radius 1 is 1.32 bits per heavy atom. The Balaban J connectivity index is 1.77. The highest BCUT2D eigenvalue weighted by molar-refractivity contribution is 5.82. The van der Waals surface area contributed by atoms with Crippen molar-refractivity contribution >= 4 is 29.9 Å². The second-order valence-electron chi connectivity index (χ2n) is 4.98. The third-order valence-electron chi connectivity index (χ3n) is 3.09. The molecule has 0 radical (unpaired) electrons. The second kappa shape index (κ2) is 6.79.